The zero-order chi connectivity index (χ0) is 20.8. The van der Waals surface area contributed by atoms with Gasteiger partial charge in [0, 0.05) is 23.2 Å². The van der Waals surface area contributed by atoms with Crippen molar-refractivity contribution in [3.05, 3.63) is 54.2 Å². The van der Waals surface area contributed by atoms with Crippen LogP contribution in [0.3, 0.4) is 0 Å². The molecule has 2 aromatic carbocycles. The Balaban J connectivity index is 1.65. The molecule has 29 heavy (non-hydrogen) atoms. The number of nitrogens with zero attached hydrogens (tertiary/aromatic N) is 1. The number of amides is 1. The summed E-state index contributed by atoms with van der Waals surface area (Å²) in [6, 6.07) is 13.9. The summed E-state index contributed by atoms with van der Waals surface area (Å²) in [6.45, 7) is -0.468. The predicted molar refractivity (Wildman–Crippen MR) is 107 cm³/mol. The molecule has 1 N–H and O–H groups in total. The standard InChI is InChI=1S/C21H20N2O6/c1-26-17-10-14(11-18(27-2)20(17)28-3)22-19(24)12-29-21(25)16-9-8-13-6-4-5-7-15(13)23-16/h4-11H,12H2,1-3H3,(H,22,24). The first-order chi connectivity index (χ1) is 14.0. The summed E-state index contributed by atoms with van der Waals surface area (Å²) < 4.78 is 20.8. The van der Waals surface area contributed by atoms with E-state index in [1.165, 1.54) is 21.3 Å². The van der Waals surface area contributed by atoms with Crippen molar-refractivity contribution in [1.82, 2.24) is 4.98 Å². The van der Waals surface area contributed by atoms with Gasteiger partial charge in [-0.25, -0.2) is 9.78 Å². The molecule has 8 heteroatoms. The minimum absolute atomic E-state index is 0.129. The van der Waals surface area contributed by atoms with Gasteiger partial charge in [-0.3, -0.25) is 4.79 Å². The van der Waals surface area contributed by atoms with E-state index in [0.717, 1.165) is 5.39 Å². The van der Waals surface area contributed by atoms with Gasteiger partial charge in [0.05, 0.1) is 26.8 Å². The molecule has 0 radical (unpaired) electrons. The van der Waals surface area contributed by atoms with Gasteiger partial charge in [0.15, 0.2) is 18.1 Å². The first-order valence-corrected chi connectivity index (χ1v) is 8.68. The number of esters is 1. The molecule has 0 atom stereocenters. The van der Waals surface area contributed by atoms with Crippen molar-refractivity contribution in [2.24, 2.45) is 0 Å². The number of methoxy groups -OCH3 is 3. The molecule has 0 spiro atoms. The zero-order valence-electron chi connectivity index (χ0n) is 16.2. The highest BCUT2D eigenvalue weighted by atomic mass is 16.5. The summed E-state index contributed by atoms with van der Waals surface area (Å²) in [7, 11) is 4.43. The minimum atomic E-state index is -0.684. The quantitative estimate of drug-likeness (QED) is 0.613. The van der Waals surface area contributed by atoms with Gasteiger partial charge in [0.2, 0.25) is 5.75 Å². The van der Waals surface area contributed by atoms with Gasteiger partial charge in [0.1, 0.15) is 5.69 Å². The van der Waals surface area contributed by atoms with Gasteiger partial charge in [-0.15, -0.1) is 0 Å². The van der Waals surface area contributed by atoms with Crippen LogP contribution < -0.4 is 19.5 Å². The van der Waals surface area contributed by atoms with Crippen molar-refractivity contribution >= 4 is 28.5 Å². The summed E-state index contributed by atoms with van der Waals surface area (Å²) in [5.41, 5.74) is 1.21. The van der Waals surface area contributed by atoms with Gasteiger partial charge in [0.25, 0.3) is 5.91 Å². The maximum atomic E-state index is 12.2. The molecule has 0 bridgehead atoms. The molecule has 0 aliphatic heterocycles. The fraction of sp³-hybridized carbons (Fsp3) is 0.190. The molecule has 0 unspecified atom stereocenters. The fourth-order valence-electron chi connectivity index (χ4n) is 2.74. The summed E-state index contributed by atoms with van der Waals surface area (Å²) in [5.74, 6) is -0.0231. The molecule has 0 aliphatic carbocycles. The average Bonchev–Trinajstić information content (AvgIpc) is 2.76. The van der Waals surface area contributed by atoms with Crippen LogP contribution in [-0.4, -0.2) is 44.8 Å². The molecule has 1 aromatic heterocycles. The van der Waals surface area contributed by atoms with Crippen molar-refractivity contribution < 1.29 is 28.5 Å². The molecule has 1 amide bonds. The molecular weight excluding hydrogens is 376 g/mol. The van der Waals surface area contributed by atoms with Crippen molar-refractivity contribution in [3.8, 4) is 17.2 Å². The lowest BCUT2D eigenvalue weighted by Crippen LogP contribution is -2.21. The number of carbonyl (C=O) groups excluding carboxylic acids is 2. The molecule has 8 nitrogen and oxygen atoms in total. The number of aromatic nitrogens is 1. The van der Waals surface area contributed by atoms with Crippen LogP contribution in [0.1, 0.15) is 10.5 Å². The van der Waals surface area contributed by atoms with Gasteiger partial charge < -0.3 is 24.3 Å². The fourth-order valence-corrected chi connectivity index (χ4v) is 2.74. The Morgan fingerprint density at radius 3 is 2.28 bits per heavy atom. The van der Waals surface area contributed by atoms with Crippen molar-refractivity contribution in [3.63, 3.8) is 0 Å². The number of ether oxygens (including phenoxy) is 4. The number of para-hydroxylation sites is 1. The lowest BCUT2D eigenvalue weighted by Gasteiger charge is -2.14. The largest absolute Gasteiger partial charge is 0.493 e. The number of anilines is 1. The van der Waals surface area contributed by atoms with E-state index in [1.54, 1.807) is 30.3 Å². The Morgan fingerprint density at radius 2 is 1.62 bits per heavy atom. The Hall–Kier alpha value is -3.81. The minimum Gasteiger partial charge on any atom is -0.493 e. The third kappa shape index (κ3) is 4.55. The summed E-state index contributed by atoms with van der Waals surface area (Å²) in [4.78, 5) is 28.6. The van der Waals surface area contributed by atoms with E-state index >= 15 is 0 Å². The van der Waals surface area contributed by atoms with Crippen LogP contribution in [0.2, 0.25) is 0 Å². The number of rotatable bonds is 7. The maximum Gasteiger partial charge on any atom is 0.357 e. The van der Waals surface area contributed by atoms with Crippen LogP contribution in [0.4, 0.5) is 5.69 Å². The van der Waals surface area contributed by atoms with Gasteiger partial charge in [-0.05, 0) is 12.1 Å². The molecule has 0 fully saturated rings. The van der Waals surface area contributed by atoms with Crippen LogP contribution in [0, 0.1) is 0 Å². The average molecular weight is 396 g/mol. The third-order valence-electron chi connectivity index (χ3n) is 4.09. The van der Waals surface area contributed by atoms with E-state index in [0.29, 0.717) is 28.5 Å². The molecule has 1 heterocycles. The van der Waals surface area contributed by atoms with Gasteiger partial charge in [-0.2, -0.15) is 0 Å². The van der Waals surface area contributed by atoms with E-state index in [2.05, 4.69) is 10.3 Å². The summed E-state index contributed by atoms with van der Waals surface area (Å²) in [6.07, 6.45) is 0. The molecule has 0 saturated heterocycles. The highest BCUT2D eigenvalue weighted by molar-refractivity contribution is 5.96. The highest BCUT2D eigenvalue weighted by Crippen LogP contribution is 2.39. The first-order valence-electron chi connectivity index (χ1n) is 8.68. The maximum absolute atomic E-state index is 12.2. The third-order valence-corrected chi connectivity index (χ3v) is 4.09. The van der Waals surface area contributed by atoms with Crippen LogP contribution in [0.25, 0.3) is 10.9 Å². The van der Waals surface area contributed by atoms with Crippen molar-refractivity contribution in [2.75, 3.05) is 33.3 Å². The second-order valence-corrected chi connectivity index (χ2v) is 5.93. The number of carbonyl (C=O) groups is 2. The number of pyridine rings is 1. The van der Waals surface area contributed by atoms with Crippen LogP contribution >= 0.6 is 0 Å². The van der Waals surface area contributed by atoms with Crippen molar-refractivity contribution in [2.45, 2.75) is 0 Å². The Labute approximate surface area is 167 Å². The van der Waals surface area contributed by atoms with E-state index in [1.807, 2.05) is 18.2 Å². The summed E-state index contributed by atoms with van der Waals surface area (Å²) in [5, 5.41) is 3.53. The second-order valence-electron chi connectivity index (χ2n) is 5.93. The predicted octanol–water partition coefficient (Wildman–Crippen LogP) is 3.06. The zero-order valence-corrected chi connectivity index (χ0v) is 16.2. The Kier molecular flexibility index (Phi) is 6.13. The SMILES string of the molecule is COc1cc(NC(=O)COC(=O)c2ccc3ccccc3n2)cc(OC)c1OC. The van der Waals surface area contributed by atoms with E-state index < -0.39 is 18.5 Å². The monoisotopic (exact) mass is 396 g/mol. The van der Waals surface area contributed by atoms with Crippen LogP contribution in [-0.2, 0) is 9.53 Å². The molecule has 0 aliphatic rings. The summed E-state index contributed by atoms with van der Waals surface area (Å²) >= 11 is 0. The normalized spacial score (nSPS) is 10.3. The number of benzene rings is 2. The van der Waals surface area contributed by atoms with Crippen molar-refractivity contribution in [1.29, 1.82) is 0 Å². The van der Waals surface area contributed by atoms with Crippen LogP contribution in [0.15, 0.2) is 48.5 Å². The van der Waals surface area contributed by atoms with E-state index in [9.17, 15) is 9.59 Å². The topological polar surface area (TPSA) is 96.0 Å². The number of fused-ring (bicyclic) bond motifs is 1. The number of hydrogen-bond donors (Lipinski definition) is 1. The number of hydrogen-bond acceptors (Lipinski definition) is 7. The van der Waals surface area contributed by atoms with Gasteiger partial charge in [-0.1, -0.05) is 24.3 Å². The van der Waals surface area contributed by atoms with Gasteiger partial charge >= 0.3 is 5.97 Å². The molecular formula is C21H20N2O6. The Bertz CT molecular complexity index is 1030. The Morgan fingerprint density at radius 1 is 0.931 bits per heavy atom. The molecule has 150 valence electrons. The molecule has 3 aromatic rings. The second kappa shape index (κ2) is 8.92. The van der Waals surface area contributed by atoms with E-state index in [-0.39, 0.29) is 5.69 Å². The van der Waals surface area contributed by atoms with E-state index in [4.69, 9.17) is 18.9 Å². The lowest BCUT2D eigenvalue weighted by atomic mass is 10.2. The smallest absolute Gasteiger partial charge is 0.357 e. The van der Waals surface area contributed by atoms with Crippen LogP contribution in [0.5, 0.6) is 17.2 Å². The molecule has 3 rings (SSSR count). The molecule has 0 saturated carbocycles. The highest BCUT2D eigenvalue weighted by Gasteiger charge is 2.16. The first kappa shape index (κ1) is 19.9. The number of nitrogens with one attached hydrogen (secondary N) is 1. The lowest BCUT2D eigenvalue weighted by molar-refractivity contribution is -0.119.